The number of hydrogen-bond acceptors (Lipinski definition) is 4. The first-order valence-corrected chi connectivity index (χ1v) is 7.30. The summed E-state index contributed by atoms with van der Waals surface area (Å²) in [5.41, 5.74) is 0.904. The Morgan fingerprint density at radius 1 is 1.14 bits per heavy atom. The first-order valence-electron chi connectivity index (χ1n) is 7.30. The predicted molar refractivity (Wildman–Crippen MR) is 79.9 cm³/mol. The molecule has 0 atom stereocenters. The molecule has 1 fully saturated rings. The standard InChI is InChI=1S/C15H20FN3O3/c16-12-2-4-13(5-3-12)18-7-9-19(10-8-18)15(22)14(21)17-6-1-11-20/h2-5,20H,1,6-11H2,(H,17,21). The number of halogens is 1. The lowest BCUT2D eigenvalue weighted by Crippen LogP contribution is -2.52. The van der Waals surface area contributed by atoms with Gasteiger partial charge in [-0.25, -0.2) is 4.39 Å². The molecule has 1 saturated heterocycles. The molecule has 120 valence electrons. The molecular weight excluding hydrogens is 289 g/mol. The third-order valence-corrected chi connectivity index (χ3v) is 3.57. The topological polar surface area (TPSA) is 72.9 Å². The second-order valence-corrected chi connectivity index (χ2v) is 5.09. The van der Waals surface area contributed by atoms with Gasteiger partial charge in [-0.1, -0.05) is 0 Å². The summed E-state index contributed by atoms with van der Waals surface area (Å²) in [6.45, 7) is 2.36. The van der Waals surface area contributed by atoms with Crippen molar-refractivity contribution in [3.63, 3.8) is 0 Å². The Kier molecular flexibility index (Phi) is 5.71. The molecule has 0 aromatic heterocycles. The van der Waals surface area contributed by atoms with Crippen molar-refractivity contribution in [1.29, 1.82) is 0 Å². The van der Waals surface area contributed by atoms with E-state index in [9.17, 15) is 14.0 Å². The van der Waals surface area contributed by atoms with Crippen LogP contribution >= 0.6 is 0 Å². The Bertz CT molecular complexity index is 513. The first kappa shape index (κ1) is 16.2. The highest BCUT2D eigenvalue weighted by molar-refractivity contribution is 6.35. The molecule has 2 rings (SSSR count). The van der Waals surface area contributed by atoms with Gasteiger partial charge in [0.15, 0.2) is 0 Å². The molecule has 0 aliphatic carbocycles. The van der Waals surface area contributed by atoms with Crippen molar-refractivity contribution >= 4 is 17.5 Å². The zero-order chi connectivity index (χ0) is 15.9. The minimum atomic E-state index is -0.635. The molecule has 0 unspecified atom stereocenters. The maximum atomic E-state index is 12.9. The molecule has 6 nitrogen and oxygen atoms in total. The fraction of sp³-hybridized carbons (Fsp3) is 0.467. The number of nitrogens with zero attached hydrogens (tertiary/aromatic N) is 2. The van der Waals surface area contributed by atoms with Crippen LogP contribution in [0, 0.1) is 5.82 Å². The Morgan fingerprint density at radius 3 is 2.36 bits per heavy atom. The number of carbonyl (C=O) groups excluding carboxylic acids is 2. The van der Waals surface area contributed by atoms with Crippen molar-refractivity contribution in [3.05, 3.63) is 30.1 Å². The quantitative estimate of drug-likeness (QED) is 0.605. The van der Waals surface area contributed by atoms with E-state index in [-0.39, 0.29) is 19.0 Å². The minimum Gasteiger partial charge on any atom is -0.396 e. The summed E-state index contributed by atoms with van der Waals surface area (Å²) < 4.78 is 12.9. The lowest BCUT2D eigenvalue weighted by Gasteiger charge is -2.35. The van der Waals surface area contributed by atoms with Gasteiger partial charge in [0.25, 0.3) is 0 Å². The molecule has 0 spiro atoms. The second-order valence-electron chi connectivity index (χ2n) is 5.09. The van der Waals surface area contributed by atoms with E-state index in [4.69, 9.17) is 5.11 Å². The number of aliphatic hydroxyl groups excluding tert-OH is 1. The number of amides is 2. The van der Waals surface area contributed by atoms with Crippen LogP contribution in [0.5, 0.6) is 0 Å². The van der Waals surface area contributed by atoms with E-state index in [1.807, 2.05) is 4.90 Å². The Labute approximate surface area is 128 Å². The third-order valence-electron chi connectivity index (χ3n) is 3.57. The second kappa shape index (κ2) is 7.74. The zero-order valence-corrected chi connectivity index (χ0v) is 12.3. The van der Waals surface area contributed by atoms with E-state index in [1.165, 1.54) is 17.0 Å². The average molecular weight is 309 g/mol. The van der Waals surface area contributed by atoms with Crippen LogP contribution in [0.1, 0.15) is 6.42 Å². The fourth-order valence-electron chi connectivity index (χ4n) is 2.32. The Morgan fingerprint density at radius 2 is 1.77 bits per heavy atom. The molecular formula is C15H20FN3O3. The highest BCUT2D eigenvalue weighted by Gasteiger charge is 2.25. The summed E-state index contributed by atoms with van der Waals surface area (Å²) in [7, 11) is 0. The summed E-state index contributed by atoms with van der Waals surface area (Å²) in [5, 5.41) is 11.1. The van der Waals surface area contributed by atoms with Gasteiger partial charge in [-0.2, -0.15) is 0 Å². The van der Waals surface area contributed by atoms with E-state index in [2.05, 4.69) is 5.32 Å². The summed E-state index contributed by atoms with van der Waals surface area (Å²) in [6, 6.07) is 6.21. The molecule has 0 bridgehead atoms. The summed E-state index contributed by atoms with van der Waals surface area (Å²) in [6.07, 6.45) is 0.428. The van der Waals surface area contributed by atoms with Crippen LogP contribution in [-0.4, -0.2) is 61.2 Å². The number of piperazine rings is 1. The maximum Gasteiger partial charge on any atom is 0.312 e. The van der Waals surface area contributed by atoms with Crippen LogP contribution in [0.2, 0.25) is 0 Å². The normalized spacial score (nSPS) is 14.8. The number of benzene rings is 1. The predicted octanol–water partition coefficient (Wildman–Crippen LogP) is -0.0271. The molecule has 2 N–H and O–H groups in total. The SMILES string of the molecule is O=C(NCCCO)C(=O)N1CCN(c2ccc(F)cc2)CC1. The van der Waals surface area contributed by atoms with Gasteiger partial charge in [-0.05, 0) is 30.7 Å². The van der Waals surface area contributed by atoms with Gasteiger partial charge < -0.3 is 20.2 Å². The van der Waals surface area contributed by atoms with Crippen LogP contribution in [0.4, 0.5) is 10.1 Å². The number of anilines is 1. The lowest BCUT2D eigenvalue weighted by molar-refractivity contribution is -0.146. The average Bonchev–Trinajstić information content (AvgIpc) is 2.55. The number of carbonyl (C=O) groups is 2. The van der Waals surface area contributed by atoms with Crippen LogP contribution in [0.25, 0.3) is 0 Å². The number of rotatable bonds is 4. The third kappa shape index (κ3) is 4.17. The Hall–Kier alpha value is -2.15. The largest absolute Gasteiger partial charge is 0.396 e. The first-order chi connectivity index (χ1) is 10.6. The number of hydrogen-bond donors (Lipinski definition) is 2. The molecule has 1 aliphatic heterocycles. The van der Waals surface area contributed by atoms with Crippen LogP contribution in [0.15, 0.2) is 24.3 Å². The number of aliphatic hydroxyl groups is 1. The van der Waals surface area contributed by atoms with Gasteiger partial charge in [0, 0.05) is 45.0 Å². The van der Waals surface area contributed by atoms with Gasteiger partial charge in [-0.15, -0.1) is 0 Å². The molecule has 1 aliphatic rings. The van der Waals surface area contributed by atoms with Gasteiger partial charge in [-0.3, -0.25) is 9.59 Å². The molecule has 1 heterocycles. The number of nitrogens with one attached hydrogen (secondary N) is 1. The molecule has 2 amide bonds. The van der Waals surface area contributed by atoms with Crippen molar-refractivity contribution in [2.75, 3.05) is 44.2 Å². The molecule has 1 aromatic carbocycles. The maximum absolute atomic E-state index is 12.9. The molecule has 0 radical (unpaired) electrons. The monoisotopic (exact) mass is 309 g/mol. The van der Waals surface area contributed by atoms with Crippen molar-refractivity contribution in [2.45, 2.75) is 6.42 Å². The van der Waals surface area contributed by atoms with Gasteiger partial charge in [0.2, 0.25) is 0 Å². The van der Waals surface area contributed by atoms with Crippen molar-refractivity contribution in [3.8, 4) is 0 Å². The van der Waals surface area contributed by atoms with Gasteiger partial charge in [0.1, 0.15) is 5.82 Å². The Balaban J connectivity index is 1.82. The minimum absolute atomic E-state index is 0.0230. The van der Waals surface area contributed by atoms with Crippen LogP contribution in [0.3, 0.4) is 0 Å². The van der Waals surface area contributed by atoms with Gasteiger partial charge >= 0.3 is 11.8 Å². The molecule has 22 heavy (non-hydrogen) atoms. The molecule has 0 saturated carbocycles. The lowest BCUT2D eigenvalue weighted by atomic mass is 10.2. The summed E-state index contributed by atoms with van der Waals surface area (Å²) >= 11 is 0. The van der Waals surface area contributed by atoms with E-state index in [0.29, 0.717) is 32.6 Å². The highest BCUT2D eigenvalue weighted by Crippen LogP contribution is 2.16. The zero-order valence-electron chi connectivity index (χ0n) is 12.3. The smallest absolute Gasteiger partial charge is 0.312 e. The van der Waals surface area contributed by atoms with Crippen LogP contribution < -0.4 is 10.2 Å². The van der Waals surface area contributed by atoms with Crippen molar-refractivity contribution < 1.29 is 19.1 Å². The van der Waals surface area contributed by atoms with Crippen molar-refractivity contribution in [2.24, 2.45) is 0 Å². The summed E-state index contributed by atoms with van der Waals surface area (Å²) in [5.74, 6) is -1.46. The fourth-order valence-corrected chi connectivity index (χ4v) is 2.32. The van der Waals surface area contributed by atoms with Crippen LogP contribution in [-0.2, 0) is 9.59 Å². The summed E-state index contributed by atoms with van der Waals surface area (Å²) in [4.78, 5) is 27.2. The van der Waals surface area contributed by atoms with E-state index in [1.54, 1.807) is 12.1 Å². The van der Waals surface area contributed by atoms with E-state index >= 15 is 0 Å². The highest BCUT2D eigenvalue weighted by atomic mass is 19.1. The molecule has 7 heteroatoms. The van der Waals surface area contributed by atoms with E-state index < -0.39 is 11.8 Å². The van der Waals surface area contributed by atoms with Gasteiger partial charge in [0.05, 0.1) is 0 Å². The molecule has 1 aromatic rings. The van der Waals surface area contributed by atoms with Crippen molar-refractivity contribution in [1.82, 2.24) is 10.2 Å². The van der Waals surface area contributed by atoms with E-state index in [0.717, 1.165) is 5.69 Å².